The van der Waals surface area contributed by atoms with Crippen molar-refractivity contribution >= 4 is 40.8 Å². The number of benzene rings is 1. The summed E-state index contributed by atoms with van der Waals surface area (Å²) in [6, 6.07) is 6.11. The Balaban J connectivity index is 0.00000241. The molecule has 2 atom stereocenters. The Bertz CT molecular complexity index is 1080. The molecule has 1 aromatic carbocycles. The van der Waals surface area contributed by atoms with E-state index in [-0.39, 0.29) is 46.2 Å². The van der Waals surface area contributed by atoms with Crippen LogP contribution < -0.4 is 4.72 Å². The predicted octanol–water partition coefficient (Wildman–Crippen LogP) is 7.10. The van der Waals surface area contributed by atoms with Crippen LogP contribution in [0, 0.1) is 19.8 Å². The van der Waals surface area contributed by atoms with Gasteiger partial charge in [-0.1, -0.05) is 43.6 Å². The molecule has 3 heterocycles. The summed E-state index contributed by atoms with van der Waals surface area (Å²) in [4.78, 5) is 12.0. The number of likely N-dealkylation sites (tertiary alicyclic amines) is 2. The summed E-state index contributed by atoms with van der Waals surface area (Å²) in [5, 5.41) is 0.712. The van der Waals surface area contributed by atoms with Gasteiger partial charge < -0.3 is 33.3 Å². The maximum Gasteiger partial charge on any atom is 0.135 e. The zero-order valence-electron chi connectivity index (χ0n) is 22.9. The van der Waals surface area contributed by atoms with E-state index in [4.69, 9.17) is 16.6 Å². The molecule has 0 aromatic heterocycles. The summed E-state index contributed by atoms with van der Waals surface area (Å²) in [7, 11) is 2.06. The molecule has 0 aliphatic carbocycles. The molecule has 0 spiro atoms. The summed E-state index contributed by atoms with van der Waals surface area (Å²) in [5.74, 6) is 2.59. The summed E-state index contributed by atoms with van der Waals surface area (Å²) < 4.78 is 3.38. The monoisotopic (exact) mass is 614 g/mol. The van der Waals surface area contributed by atoms with Gasteiger partial charge in [-0.25, -0.2) is 4.99 Å². The van der Waals surface area contributed by atoms with Crippen LogP contribution >= 0.6 is 23.5 Å². The molecule has 199 valence electrons. The number of nitrogens with zero attached hydrogens (tertiary/aromatic N) is 4. The van der Waals surface area contributed by atoms with Gasteiger partial charge in [-0.2, -0.15) is 5.92 Å². The molecule has 1 radical (unpaired) electrons. The van der Waals surface area contributed by atoms with Crippen LogP contribution in [0.2, 0.25) is 5.02 Å². The van der Waals surface area contributed by atoms with Gasteiger partial charge >= 0.3 is 0 Å². The Morgan fingerprint density at radius 2 is 2.05 bits per heavy atom. The number of halogens is 1. The first-order chi connectivity index (χ1) is 16.8. The van der Waals surface area contributed by atoms with Gasteiger partial charge in [0.2, 0.25) is 0 Å². The first kappa shape index (κ1) is 32.0. The van der Waals surface area contributed by atoms with Crippen LogP contribution in [0.15, 0.2) is 65.6 Å². The quantitative estimate of drug-likeness (QED) is 0.273. The number of piperidine rings is 1. The molecule has 0 bridgehead atoms. The van der Waals surface area contributed by atoms with E-state index in [9.17, 15) is 0 Å². The second kappa shape index (κ2) is 14.3. The number of amidine groups is 1. The van der Waals surface area contributed by atoms with E-state index >= 15 is 0 Å². The molecule has 5 nitrogen and oxygen atoms in total. The molecule has 0 amide bonds. The van der Waals surface area contributed by atoms with Crippen LogP contribution in [-0.2, 0) is 32.7 Å². The summed E-state index contributed by atoms with van der Waals surface area (Å²) >= 11 is 7.95. The van der Waals surface area contributed by atoms with Crippen molar-refractivity contribution in [1.82, 2.24) is 14.7 Å². The summed E-state index contributed by atoms with van der Waals surface area (Å²) in [6.45, 7) is 16.3. The Morgan fingerprint density at radius 3 is 2.73 bits per heavy atom. The van der Waals surface area contributed by atoms with Crippen LogP contribution in [0.5, 0.6) is 0 Å². The van der Waals surface area contributed by atoms with Gasteiger partial charge in [0.25, 0.3) is 0 Å². The molecule has 2 unspecified atom stereocenters. The number of nitrogens with one attached hydrogen (secondary N) is 1. The van der Waals surface area contributed by atoms with E-state index in [0.29, 0.717) is 10.9 Å². The fourth-order valence-corrected chi connectivity index (χ4v) is 5.70. The third-order valence-corrected chi connectivity index (χ3v) is 7.61. The average molecular weight is 615 g/mol. The van der Waals surface area contributed by atoms with Crippen molar-refractivity contribution in [2.75, 3.05) is 37.7 Å². The standard InChI is InChI=1S/C28H37ClN5S.CH3.Y/c1-19-12-14-33(17-19)28-21(3)18-32(5)27(30-28)15-20(2)26-9-7-8-13-34(26)22(4)24-16-23(29)10-11-25(24)31-35-6;;/h10-12,15-16,18-19,26,31H,2,4,7-9,13-14,17H2,1,3,5-6H3;1H3;/q2*-1;/b27-15-;;. The molecule has 0 saturated carbocycles. The van der Waals surface area contributed by atoms with Crippen molar-refractivity contribution in [1.29, 1.82) is 0 Å². The van der Waals surface area contributed by atoms with E-state index in [2.05, 4.69) is 72.2 Å². The molecule has 1 N–H and O–H groups in total. The van der Waals surface area contributed by atoms with Gasteiger partial charge in [0.15, 0.2) is 0 Å². The third kappa shape index (κ3) is 7.47. The van der Waals surface area contributed by atoms with Gasteiger partial charge in [0.05, 0.1) is 11.7 Å². The number of hydrogen-bond donors (Lipinski definition) is 1. The number of hydrogen-bond acceptors (Lipinski definition) is 6. The second-order valence-corrected chi connectivity index (χ2v) is 10.8. The Kier molecular flexibility index (Phi) is 12.3. The molecule has 4 rings (SSSR count). The topological polar surface area (TPSA) is 34.1 Å². The van der Waals surface area contributed by atoms with Crippen LogP contribution in [0.25, 0.3) is 5.70 Å². The van der Waals surface area contributed by atoms with E-state index in [1.54, 1.807) is 11.9 Å². The van der Waals surface area contributed by atoms with Gasteiger partial charge in [-0.05, 0) is 62.6 Å². The van der Waals surface area contributed by atoms with Gasteiger partial charge in [-0.15, -0.1) is 6.54 Å². The molecule has 1 aromatic rings. The maximum atomic E-state index is 6.38. The fourth-order valence-electron chi connectivity index (χ4n) is 5.13. The molecular formula is C29H40ClN5SY-2. The van der Waals surface area contributed by atoms with Crippen molar-refractivity contribution in [2.24, 2.45) is 10.9 Å². The number of rotatable bonds is 6. The van der Waals surface area contributed by atoms with Gasteiger partial charge in [0, 0.05) is 80.6 Å². The van der Waals surface area contributed by atoms with E-state index in [0.717, 1.165) is 66.7 Å². The Morgan fingerprint density at radius 1 is 1.30 bits per heavy atom. The zero-order chi connectivity index (χ0) is 25.1. The van der Waals surface area contributed by atoms with Crippen molar-refractivity contribution < 1.29 is 32.7 Å². The fraction of sp³-hybridized carbons (Fsp3) is 0.414. The zero-order valence-corrected chi connectivity index (χ0v) is 27.3. The normalized spacial score (nSPS) is 22.6. The van der Waals surface area contributed by atoms with E-state index in [1.807, 2.05) is 24.5 Å². The van der Waals surface area contributed by atoms with Crippen LogP contribution in [0.1, 0.15) is 38.7 Å². The second-order valence-electron chi connectivity index (χ2n) is 9.70. The minimum atomic E-state index is 0. The maximum absolute atomic E-state index is 6.38. The predicted molar refractivity (Wildman–Crippen MR) is 160 cm³/mol. The smallest absolute Gasteiger partial charge is 0.135 e. The molecule has 2 fully saturated rings. The minimum Gasteiger partial charge on any atom is -0.388 e. The first-order valence-corrected chi connectivity index (χ1v) is 13.9. The van der Waals surface area contributed by atoms with Crippen LogP contribution in [0.3, 0.4) is 0 Å². The molecule has 3 aliphatic heterocycles. The summed E-state index contributed by atoms with van der Waals surface area (Å²) in [6.07, 6.45) is 12.1. The molecule has 37 heavy (non-hydrogen) atoms. The molecule has 8 heteroatoms. The van der Waals surface area contributed by atoms with E-state index < -0.39 is 0 Å². The first-order valence-electron chi connectivity index (χ1n) is 12.3. The van der Waals surface area contributed by atoms with Crippen molar-refractivity contribution in [3.63, 3.8) is 0 Å². The number of anilines is 1. The van der Waals surface area contributed by atoms with Gasteiger partial charge in [0.1, 0.15) is 11.7 Å². The largest absolute Gasteiger partial charge is 0.388 e. The third-order valence-electron chi connectivity index (χ3n) is 6.95. The Hall–Kier alpha value is -1.21. The number of aliphatic imine (C=N–C) groups is 1. The van der Waals surface area contributed by atoms with Crippen LogP contribution in [-0.4, -0.2) is 59.5 Å². The molecule has 2 saturated heterocycles. The van der Waals surface area contributed by atoms with Crippen molar-refractivity contribution in [3.05, 3.63) is 85.0 Å². The minimum absolute atomic E-state index is 0. The van der Waals surface area contributed by atoms with Crippen LogP contribution in [0.4, 0.5) is 5.69 Å². The molecule has 3 aliphatic rings. The van der Waals surface area contributed by atoms with E-state index in [1.165, 1.54) is 12.0 Å². The SMILES string of the molecule is C=C(/C=C1/N=C(N2C[CH-]C(C)C2)C(C)=CN1C)C1CCCCN1C(=C)c1cc(Cl)ccc1NSC.[CH3-].[Y]. The average Bonchev–Trinajstić information content (AvgIpc) is 3.27. The van der Waals surface area contributed by atoms with Gasteiger partial charge in [-0.3, -0.25) is 0 Å². The molecular weight excluding hydrogens is 575 g/mol. The Labute approximate surface area is 259 Å². The summed E-state index contributed by atoms with van der Waals surface area (Å²) in [5.41, 5.74) is 5.30. The van der Waals surface area contributed by atoms with Crippen molar-refractivity contribution in [3.8, 4) is 0 Å². The van der Waals surface area contributed by atoms with Crippen molar-refractivity contribution in [2.45, 2.75) is 39.2 Å².